The lowest BCUT2D eigenvalue weighted by Crippen LogP contribution is -2.45. The number of nitrogens with one attached hydrogen (secondary N) is 2. The van der Waals surface area contributed by atoms with Gasteiger partial charge in [-0.1, -0.05) is 37.4 Å². The highest BCUT2D eigenvalue weighted by molar-refractivity contribution is 7.18. The highest BCUT2D eigenvalue weighted by Gasteiger charge is 2.30. The van der Waals surface area contributed by atoms with E-state index in [4.69, 9.17) is 11.6 Å². The van der Waals surface area contributed by atoms with Crippen LogP contribution >= 0.6 is 22.9 Å². The molecule has 7 nitrogen and oxygen atoms in total. The number of carbonyl (C=O) groups excluding carboxylic acids is 3. The van der Waals surface area contributed by atoms with Crippen LogP contribution in [0.4, 0.5) is 0 Å². The second-order valence-electron chi connectivity index (χ2n) is 10.3. The molecule has 1 aliphatic rings. The van der Waals surface area contributed by atoms with E-state index in [9.17, 15) is 14.4 Å². The van der Waals surface area contributed by atoms with Crippen molar-refractivity contribution in [1.82, 2.24) is 20.5 Å². The Bertz CT molecular complexity index is 1110. The minimum Gasteiger partial charge on any atom is -0.359 e. The van der Waals surface area contributed by atoms with Crippen LogP contribution in [0.15, 0.2) is 30.4 Å². The van der Waals surface area contributed by atoms with E-state index < -0.39 is 5.92 Å². The minimum atomic E-state index is -0.554. The van der Waals surface area contributed by atoms with Crippen molar-refractivity contribution in [2.75, 3.05) is 27.7 Å². The predicted molar refractivity (Wildman–Crippen MR) is 151 cm³/mol. The van der Waals surface area contributed by atoms with Crippen LogP contribution < -0.4 is 10.6 Å². The molecule has 1 aromatic heterocycles. The van der Waals surface area contributed by atoms with Gasteiger partial charge in [0.25, 0.3) is 0 Å². The number of ketones is 1. The Balaban J connectivity index is 1.74. The number of nitrogens with zero attached hydrogens (tertiary/aromatic N) is 2. The molecule has 1 aromatic carbocycles. The fraction of sp³-hybridized carbons (Fsp3) is 0.571. The molecular weight excluding hydrogens is 508 g/mol. The number of amides is 2. The molecule has 0 saturated heterocycles. The number of carbonyl (C=O) groups is 3. The van der Waals surface area contributed by atoms with Gasteiger partial charge in [-0.15, -0.1) is 11.3 Å². The Labute approximate surface area is 229 Å². The van der Waals surface area contributed by atoms with Gasteiger partial charge in [0.05, 0.1) is 21.1 Å². The average Bonchev–Trinajstić information content (AvgIpc) is 3.27. The number of rotatable bonds is 13. The van der Waals surface area contributed by atoms with Crippen molar-refractivity contribution in [2.24, 2.45) is 11.8 Å². The molecular formula is C28H39ClN4O3S. The Hall–Kier alpha value is -2.29. The molecule has 1 heterocycles. The van der Waals surface area contributed by atoms with Gasteiger partial charge in [0.2, 0.25) is 11.8 Å². The van der Waals surface area contributed by atoms with Crippen molar-refractivity contribution >= 4 is 50.8 Å². The first-order chi connectivity index (χ1) is 17.7. The quantitative estimate of drug-likeness (QED) is 0.353. The second-order valence-corrected chi connectivity index (χ2v) is 11.9. The Morgan fingerprint density at radius 1 is 1.22 bits per heavy atom. The number of likely N-dealkylation sites (N-methyl/N-ethyl adjacent to an activating group) is 1. The van der Waals surface area contributed by atoms with E-state index in [0.29, 0.717) is 42.3 Å². The lowest BCUT2D eigenvalue weighted by molar-refractivity contribution is -0.131. The number of hydrogen-bond acceptors (Lipinski definition) is 6. The smallest absolute Gasteiger partial charge is 0.224 e. The fourth-order valence-electron chi connectivity index (χ4n) is 5.02. The molecule has 0 unspecified atom stereocenters. The first-order valence-corrected chi connectivity index (χ1v) is 14.3. The van der Waals surface area contributed by atoms with E-state index in [1.165, 1.54) is 17.8 Å². The number of benzene rings is 1. The van der Waals surface area contributed by atoms with Gasteiger partial charge in [0.1, 0.15) is 0 Å². The van der Waals surface area contributed by atoms with Crippen LogP contribution in [0.1, 0.15) is 56.4 Å². The molecule has 2 atom stereocenters. The van der Waals surface area contributed by atoms with Crippen LogP contribution in [0.2, 0.25) is 5.02 Å². The fourth-order valence-corrected chi connectivity index (χ4v) is 6.35. The van der Waals surface area contributed by atoms with Gasteiger partial charge in [0, 0.05) is 49.5 Å². The van der Waals surface area contributed by atoms with E-state index in [1.807, 2.05) is 31.1 Å². The molecule has 3 rings (SSSR count). The van der Waals surface area contributed by atoms with Gasteiger partial charge in [-0.3, -0.25) is 14.4 Å². The number of hydrogen-bond donors (Lipinski definition) is 2. The van der Waals surface area contributed by atoms with Gasteiger partial charge in [-0.25, -0.2) is 4.98 Å². The summed E-state index contributed by atoms with van der Waals surface area (Å²) in [7, 11) is 5.40. The van der Waals surface area contributed by atoms with Crippen molar-refractivity contribution in [3.05, 3.63) is 40.4 Å². The second kappa shape index (κ2) is 14.0. The zero-order valence-corrected chi connectivity index (χ0v) is 23.7. The van der Waals surface area contributed by atoms with Crippen LogP contribution in [0.3, 0.4) is 0 Å². The van der Waals surface area contributed by atoms with Crippen LogP contribution in [-0.4, -0.2) is 61.2 Å². The summed E-state index contributed by atoms with van der Waals surface area (Å²) in [5.74, 6) is -0.525. The van der Waals surface area contributed by atoms with Crippen LogP contribution in [-0.2, 0) is 20.8 Å². The largest absolute Gasteiger partial charge is 0.359 e. The topological polar surface area (TPSA) is 91.4 Å². The Kier molecular flexibility index (Phi) is 11.1. The molecule has 2 amide bonds. The summed E-state index contributed by atoms with van der Waals surface area (Å²) in [5.41, 5.74) is 1.42. The van der Waals surface area contributed by atoms with E-state index >= 15 is 0 Å². The molecule has 37 heavy (non-hydrogen) atoms. The van der Waals surface area contributed by atoms with Crippen molar-refractivity contribution < 1.29 is 14.4 Å². The summed E-state index contributed by atoms with van der Waals surface area (Å²) in [6, 6.07) is 5.42. The highest BCUT2D eigenvalue weighted by Crippen LogP contribution is 2.30. The third-order valence-corrected chi connectivity index (χ3v) is 8.30. The van der Waals surface area contributed by atoms with Gasteiger partial charge in [-0.05, 0) is 57.5 Å². The molecule has 0 radical (unpaired) electrons. The van der Waals surface area contributed by atoms with Crippen LogP contribution in [0, 0.1) is 11.8 Å². The molecule has 0 bridgehead atoms. The third-order valence-electron chi connectivity index (χ3n) is 7.03. The van der Waals surface area contributed by atoms with Gasteiger partial charge < -0.3 is 15.5 Å². The van der Waals surface area contributed by atoms with Gasteiger partial charge in [0.15, 0.2) is 5.78 Å². The van der Waals surface area contributed by atoms with Crippen molar-refractivity contribution in [3.63, 3.8) is 0 Å². The Morgan fingerprint density at radius 2 is 1.95 bits per heavy atom. The van der Waals surface area contributed by atoms with Crippen molar-refractivity contribution in [3.8, 4) is 0 Å². The molecule has 1 fully saturated rings. The zero-order chi connectivity index (χ0) is 26.9. The first-order valence-electron chi connectivity index (χ1n) is 13.1. The number of halogens is 1. The maximum absolute atomic E-state index is 13.6. The first kappa shape index (κ1) is 29.3. The number of Topliss-reactive ketones (excluding diaryl/α,β-unsaturated/α-hetero) is 1. The van der Waals surface area contributed by atoms with Gasteiger partial charge in [-0.2, -0.15) is 0 Å². The predicted octanol–water partition coefficient (Wildman–Crippen LogP) is 4.78. The lowest BCUT2D eigenvalue weighted by Gasteiger charge is -2.32. The van der Waals surface area contributed by atoms with Gasteiger partial charge >= 0.3 is 0 Å². The van der Waals surface area contributed by atoms with E-state index in [1.54, 1.807) is 13.1 Å². The normalized spacial score (nSPS) is 15.9. The monoisotopic (exact) mass is 546 g/mol. The van der Waals surface area contributed by atoms with E-state index in [2.05, 4.69) is 22.2 Å². The van der Waals surface area contributed by atoms with E-state index in [-0.39, 0.29) is 30.1 Å². The minimum absolute atomic E-state index is 0.0406. The Morgan fingerprint density at radius 3 is 2.62 bits per heavy atom. The molecule has 1 saturated carbocycles. The zero-order valence-electron chi connectivity index (χ0n) is 22.1. The highest BCUT2D eigenvalue weighted by atomic mass is 35.5. The average molecular weight is 547 g/mol. The molecule has 1 aliphatic carbocycles. The SMILES string of the molecule is C=C(CN(C)C)C(=O)CC[C@@H](NC(=O)[C@@H](CC(=O)NC)Cc1nc2ccc(Cl)cc2s1)C1CCCCC1. The van der Waals surface area contributed by atoms with Crippen LogP contribution in [0.25, 0.3) is 10.2 Å². The molecule has 0 spiro atoms. The molecule has 9 heteroatoms. The molecule has 2 aromatic rings. The summed E-state index contributed by atoms with van der Waals surface area (Å²) in [4.78, 5) is 45.2. The third kappa shape index (κ3) is 8.90. The molecule has 2 N–H and O–H groups in total. The summed E-state index contributed by atoms with van der Waals surface area (Å²) < 4.78 is 0.957. The van der Waals surface area contributed by atoms with Crippen molar-refractivity contribution in [1.29, 1.82) is 0 Å². The molecule has 202 valence electrons. The standard InChI is InChI=1S/C28H39ClN4O3S/c1-18(17-33(3)4)24(34)13-12-22(19-8-6-5-7-9-19)32-28(36)20(14-26(35)30-2)15-27-31-23-11-10-21(29)16-25(23)37-27/h10-11,16,19-20,22H,1,5-9,12-15,17H2,2-4H3,(H,30,35)(H,32,36)/t20-,22+/m0/s1. The van der Waals surface area contributed by atoms with Crippen LogP contribution in [0.5, 0.6) is 0 Å². The maximum Gasteiger partial charge on any atom is 0.224 e. The molecule has 0 aliphatic heterocycles. The summed E-state index contributed by atoms with van der Waals surface area (Å²) in [6.45, 7) is 4.48. The summed E-state index contributed by atoms with van der Waals surface area (Å²) in [6.07, 6.45) is 6.92. The van der Waals surface area contributed by atoms with Crippen molar-refractivity contribution in [2.45, 2.75) is 63.8 Å². The van der Waals surface area contributed by atoms with E-state index in [0.717, 1.165) is 40.9 Å². The maximum atomic E-state index is 13.6. The summed E-state index contributed by atoms with van der Waals surface area (Å²) >= 11 is 7.62. The lowest BCUT2D eigenvalue weighted by atomic mass is 9.81. The number of aromatic nitrogens is 1. The number of fused-ring (bicyclic) bond motifs is 1. The number of thiazole rings is 1. The summed E-state index contributed by atoms with van der Waals surface area (Å²) in [5, 5.41) is 7.34.